The summed E-state index contributed by atoms with van der Waals surface area (Å²) in [7, 11) is 2.17. The zero-order chi connectivity index (χ0) is 20.1. The fraction of sp³-hybridized carbons (Fsp3) is 0.500. The molecular formula is C22H31N5O. The minimum Gasteiger partial charge on any atom is -0.352 e. The first kappa shape index (κ1) is 20.4. The molecule has 1 amide bonds. The molecule has 28 heavy (non-hydrogen) atoms. The van der Waals surface area contributed by atoms with E-state index < -0.39 is 0 Å². The summed E-state index contributed by atoms with van der Waals surface area (Å²) in [5, 5.41) is 3.07. The second kappa shape index (κ2) is 9.26. The molecule has 0 unspecified atom stereocenters. The van der Waals surface area contributed by atoms with Gasteiger partial charge in [-0.15, -0.1) is 0 Å². The van der Waals surface area contributed by atoms with Gasteiger partial charge < -0.3 is 10.2 Å². The maximum atomic E-state index is 12.6. The largest absolute Gasteiger partial charge is 0.352 e. The highest BCUT2D eigenvalue weighted by Crippen LogP contribution is 2.21. The topological polar surface area (TPSA) is 61.4 Å². The zero-order valence-corrected chi connectivity index (χ0v) is 17.4. The molecule has 1 aliphatic rings. The molecule has 3 rings (SSSR count). The number of carbonyl (C=O) groups is 1. The van der Waals surface area contributed by atoms with Crippen molar-refractivity contribution < 1.29 is 4.79 Å². The van der Waals surface area contributed by atoms with E-state index in [-0.39, 0.29) is 5.91 Å². The van der Waals surface area contributed by atoms with E-state index in [9.17, 15) is 4.79 Å². The van der Waals surface area contributed by atoms with Gasteiger partial charge in [-0.05, 0) is 46.4 Å². The molecule has 0 bridgehead atoms. The predicted octanol–water partition coefficient (Wildman–Crippen LogP) is 2.52. The van der Waals surface area contributed by atoms with Gasteiger partial charge in [-0.3, -0.25) is 14.7 Å². The maximum Gasteiger partial charge on any atom is 0.251 e. The van der Waals surface area contributed by atoms with Gasteiger partial charge in [0.2, 0.25) is 0 Å². The van der Waals surface area contributed by atoms with Gasteiger partial charge in [0.05, 0.1) is 17.1 Å². The van der Waals surface area contributed by atoms with Gasteiger partial charge in [-0.2, -0.15) is 0 Å². The molecule has 6 nitrogen and oxygen atoms in total. The van der Waals surface area contributed by atoms with Crippen LogP contribution in [0.5, 0.6) is 0 Å². The molecule has 0 radical (unpaired) electrons. The molecule has 150 valence electrons. The first-order chi connectivity index (χ1) is 13.4. The molecule has 2 heterocycles. The first-order valence-electron chi connectivity index (χ1n) is 10.1. The van der Waals surface area contributed by atoms with Crippen LogP contribution in [0.3, 0.4) is 0 Å². The Labute approximate surface area is 168 Å². The molecular weight excluding hydrogens is 350 g/mol. The van der Waals surface area contributed by atoms with E-state index in [0.29, 0.717) is 18.2 Å². The van der Waals surface area contributed by atoms with E-state index in [1.165, 1.54) is 0 Å². The average Bonchev–Trinajstić information content (AvgIpc) is 2.70. The van der Waals surface area contributed by atoms with Crippen LogP contribution in [0.1, 0.15) is 35.1 Å². The Bertz CT molecular complexity index is 814. The second-order valence-corrected chi connectivity index (χ2v) is 7.76. The van der Waals surface area contributed by atoms with Gasteiger partial charge in [-0.25, -0.2) is 4.98 Å². The van der Waals surface area contributed by atoms with Crippen molar-refractivity contribution in [2.75, 3.05) is 39.8 Å². The van der Waals surface area contributed by atoms with Crippen LogP contribution in [0.4, 0.5) is 0 Å². The lowest BCUT2D eigenvalue weighted by atomic mass is 10.1. The molecule has 0 aliphatic carbocycles. The van der Waals surface area contributed by atoms with Crippen molar-refractivity contribution >= 4 is 5.91 Å². The van der Waals surface area contributed by atoms with E-state index >= 15 is 0 Å². The SMILES string of the molecule is Cc1cnc(C)c(-c2cccc(C(=O)NCC[C@@H](C)N3CCN(C)CC3)c2)n1. The fourth-order valence-corrected chi connectivity index (χ4v) is 3.56. The second-order valence-electron chi connectivity index (χ2n) is 7.76. The smallest absolute Gasteiger partial charge is 0.251 e. The maximum absolute atomic E-state index is 12.6. The first-order valence-corrected chi connectivity index (χ1v) is 10.1. The van der Waals surface area contributed by atoms with Crippen molar-refractivity contribution in [3.05, 3.63) is 47.4 Å². The number of amides is 1. The molecule has 2 aromatic rings. The Kier molecular flexibility index (Phi) is 6.75. The Morgan fingerprint density at radius 2 is 1.96 bits per heavy atom. The van der Waals surface area contributed by atoms with Gasteiger partial charge in [0.15, 0.2) is 0 Å². The lowest BCUT2D eigenvalue weighted by Crippen LogP contribution is -2.48. The van der Waals surface area contributed by atoms with E-state index in [1.54, 1.807) is 6.20 Å². The number of carbonyl (C=O) groups excluding carboxylic acids is 1. The van der Waals surface area contributed by atoms with E-state index in [1.807, 2.05) is 38.1 Å². The molecule has 0 spiro atoms. The van der Waals surface area contributed by atoms with E-state index in [2.05, 4.69) is 39.1 Å². The summed E-state index contributed by atoms with van der Waals surface area (Å²) < 4.78 is 0. The fourth-order valence-electron chi connectivity index (χ4n) is 3.56. The van der Waals surface area contributed by atoms with Crippen LogP contribution in [0.2, 0.25) is 0 Å². The van der Waals surface area contributed by atoms with Crippen molar-refractivity contribution in [1.82, 2.24) is 25.1 Å². The summed E-state index contributed by atoms with van der Waals surface area (Å²) in [6, 6.07) is 8.10. The van der Waals surface area contributed by atoms with Gasteiger partial charge in [0.1, 0.15) is 0 Å². The van der Waals surface area contributed by atoms with Gasteiger partial charge in [0.25, 0.3) is 5.91 Å². The van der Waals surface area contributed by atoms with E-state index in [0.717, 1.165) is 55.2 Å². The summed E-state index contributed by atoms with van der Waals surface area (Å²) in [6.07, 6.45) is 2.72. The van der Waals surface area contributed by atoms with Crippen LogP contribution in [0.15, 0.2) is 30.5 Å². The van der Waals surface area contributed by atoms with Crippen LogP contribution < -0.4 is 5.32 Å². The van der Waals surface area contributed by atoms with Crippen molar-refractivity contribution in [3.63, 3.8) is 0 Å². The zero-order valence-electron chi connectivity index (χ0n) is 17.4. The number of piperazine rings is 1. The Morgan fingerprint density at radius 3 is 2.71 bits per heavy atom. The third-order valence-electron chi connectivity index (χ3n) is 5.48. The summed E-state index contributed by atoms with van der Waals surface area (Å²) in [5.74, 6) is -0.0364. The molecule has 1 N–H and O–H groups in total. The summed E-state index contributed by atoms with van der Waals surface area (Å²) >= 11 is 0. The molecule has 1 aromatic carbocycles. The van der Waals surface area contributed by atoms with Crippen molar-refractivity contribution in [2.24, 2.45) is 0 Å². The van der Waals surface area contributed by atoms with Crippen LogP contribution in [0.25, 0.3) is 11.3 Å². The lowest BCUT2D eigenvalue weighted by Gasteiger charge is -2.36. The number of aromatic nitrogens is 2. The highest BCUT2D eigenvalue weighted by molar-refractivity contribution is 5.95. The number of aryl methyl sites for hydroxylation is 2. The summed E-state index contributed by atoms with van der Waals surface area (Å²) in [4.78, 5) is 26.4. The number of nitrogens with one attached hydrogen (secondary N) is 1. The standard InChI is InChI=1S/C22H31N5O/c1-16-15-24-18(3)21(25-16)19-6-5-7-20(14-19)22(28)23-9-8-17(2)27-12-10-26(4)11-13-27/h5-7,14-15,17H,8-13H2,1-4H3,(H,23,28)/t17-/m1/s1. The van der Waals surface area contributed by atoms with Crippen LogP contribution in [-0.2, 0) is 0 Å². The Morgan fingerprint density at radius 1 is 1.21 bits per heavy atom. The molecule has 1 aliphatic heterocycles. The Balaban J connectivity index is 1.57. The number of rotatable bonds is 6. The number of benzene rings is 1. The Hall–Kier alpha value is -2.31. The summed E-state index contributed by atoms with van der Waals surface area (Å²) in [5.41, 5.74) is 4.15. The monoisotopic (exact) mass is 381 g/mol. The number of hydrogen-bond acceptors (Lipinski definition) is 5. The average molecular weight is 382 g/mol. The van der Waals surface area contributed by atoms with Crippen molar-refractivity contribution in [3.8, 4) is 11.3 Å². The lowest BCUT2D eigenvalue weighted by molar-refractivity contribution is 0.0935. The van der Waals surface area contributed by atoms with Crippen molar-refractivity contribution in [1.29, 1.82) is 0 Å². The van der Waals surface area contributed by atoms with Gasteiger partial charge in [-0.1, -0.05) is 12.1 Å². The third kappa shape index (κ3) is 5.14. The highest BCUT2D eigenvalue weighted by Gasteiger charge is 2.19. The van der Waals surface area contributed by atoms with E-state index in [4.69, 9.17) is 0 Å². The quantitative estimate of drug-likeness (QED) is 0.833. The normalized spacial score (nSPS) is 16.7. The minimum absolute atomic E-state index is 0.0364. The molecule has 1 saturated heterocycles. The van der Waals surface area contributed by atoms with Gasteiger partial charge >= 0.3 is 0 Å². The molecule has 0 saturated carbocycles. The van der Waals surface area contributed by atoms with Crippen LogP contribution >= 0.6 is 0 Å². The third-order valence-corrected chi connectivity index (χ3v) is 5.48. The minimum atomic E-state index is -0.0364. The molecule has 1 atom stereocenters. The van der Waals surface area contributed by atoms with Crippen LogP contribution in [-0.4, -0.2) is 71.5 Å². The number of likely N-dealkylation sites (N-methyl/N-ethyl adjacent to an activating group) is 1. The van der Waals surface area contributed by atoms with Crippen LogP contribution in [0, 0.1) is 13.8 Å². The number of hydrogen-bond donors (Lipinski definition) is 1. The van der Waals surface area contributed by atoms with Crippen molar-refractivity contribution in [2.45, 2.75) is 33.2 Å². The molecule has 6 heteroatoms. The molecule has 1 fully saturated rings. The van der Waals surface area contributed by atoms with Gasteiger partial charge in [0, 0.05) is 56.1 Å². The number of nitrogens with zero attached hydrogens (tertiary/aromatic N) is 4. The molecule has 1 aromatic heterocycles. The highest BCUT2D eigenvalue weighted by atomic mass is 16.1. The predicted molar refractivity (Wildman–Crippen MR) is 112 cm³/mol. The summed E-state index contributed by atoms with van der Waals surface area (Å²) in [6.45, 7) is 11.2.